The molecule has 0 spiro atoms. The summed E-state index contributed by atoms with van der Waals surface area (Å²) in [5, 5.41) is 2.73. The second-order valence-electron chi connectivity index (χ2n) is 7.89. The summed E-state index contributed by atoms with van der Waals surface area (Å²) in [6.45, 7) is 6.96. The Hall–Kier alpha value is -3.41. The number of amides is 3. The Labute approximate surface area is 176 Å². The minimum Gasteiger partial charge on any atom is -0.366 e. The fourth-order valence-corrected chi connectivity index (χ4v) is 4.04. The number of nitrogens with zero attached hydrogens (tertiary/aromatic N) is 2. The van der Waals surface area contributed by atoms with Gasteiger partial charge in [-0.1, -0.05) is 18.2 Å². The highest BCUT2D eigenvalue weighted by Gasteiger charge is 2.43. The monoisotopic (exact) mass is 403 g/mol. The van der Waals surface area contributed by atoms with E-state index in [1.165, 1.54) is 11.8 Å². The molecule has 0 aromatic heterocycles. The summed E-state index contributed by atoms with van der Waals surface area (Å²) >= 11 is 0. The standard InChI is InChI=1S/C24H25N3O3/c1-15-6-11-20(14-16(15)2)27-23(29)21(22(24(27)30)26-12-4-5-13-26)18-7-9-19(10-8-18)25-17(3)28/h6-11,14H,4-5,12-13H2,1-3H3,(H,25,28). The van der Waals surface area contributed by atoms with E-state index in [9.17, 15) is 14.4 Å². The lowest BCUT2D eigenvalue weighted by molar-refractivity contribution is -0.120. The largest absolute Gasteiger partial charge is 0.366 e. The van der Waals surface area contributed by atoms with Crippen LogP contribution in [0.1, 0.15) is 36.5 Å². The molecule has 0 saturated carbocycles. The van der Waals surface area contributed by atoms with Crippen molar-refractivity contribution >= 4 is 34.7 Å². The number of hydrogen-bond donors (Lipinski definition) is 1. The fourth-order valence-electron chi connectivity index (χ4n) is 4.04. The summed E-state index contributed by atoms with van der Waals surface area (Å²) in [5.74, 6) is -0.740. The lowest BCUT2D eigenvalue weighted by atomic mass is 10.0. The van der Waals surface area contributed by atoms with Crippen LogP contribution in [0.25, 0.3) is 5.57 Å². The van der Waals surface area contributed by atoms with Crippen molar-refractivity contribution in [1.29, 1.82) is 0 Å². The predicted octanol–water partition coefficient (Wildman–Crippen LogP) is 3.64. The molecule has 2 aromatic carbocycles. The van der Waals surface area contributed by atoms with Crippen LogP contribution >= 0.6 is 0 Å². The SMILES string of the molecule is CC(=O)Nc1ccc(C2=C(N3CCCC3)C(=O)N(c3ccc(C)c(C)c3)C2=O)cc1. The molecule has 1 N–H and O–H groups in total. The van der Waals surface area contributed by atoms with Crippen molar-refractivity contribution in [3.05, 3.63) is 64.9 Å². The van der Waals surface area contributed by atoms with Crippen molar-refractivity contribution in [3.63, 3.8) is 0 Å². The molecule has 0 aliphatic carbocycles. The smallest absolute Gasteiger partial charge is 0.282 e. The summed E-state index contributed by atoms with van der Waals surface area (Å²) < 4.78 is 0. The Morgan fingerprint density at radius 1 is 0.900 bits per heavy atom. The van der Waals surface area contributed by atoms with Crippen LogP contribution in [-0.4, -0.2) is 35.7 Å². The summed E-state index contributed by atoms with van der Waals surface area (Å²) in [4.78, 5) is 41.5. The lowest BCUT2D eigenvalue weighted by Gasteiger charge is -2.20. The van der Waals surface area contributed by atoms with E-state index in [4.69, 9.17) is 0 Å². The van der Waals surface area contributed by atoms with E-state index < -0.39 is 0 Å². The maximum Gasteiger partial charge on any atom is 0.282 e. The van der Waals surface area contributed by atoms with E-state index in [-0.39, 0.29) is 17.7 Å². The Balaban J connectivity index is 1.77. The van der Waals surface area contributed by atoms with Crippen LogP contribution < -0.4 is 10.2 Å². The molecule has 2 heterocycles. The number of nitrogens with one attached hydrogen (secondary N) is 1. The highest BCUT2D eigenvalue weighted by molar-refractivity contribution is 6.45. The third kappa shape index (κ3) is 3.49. The molecule has 1 saturated heterocycles. The second-order valence-corrected chi connectivity index (χ2v) is 7.89. The van der Waals surface area contributed by atoms with Gasteiger partial charge in [-0.3, -0.25) is 14.4 Å². The van der Waals surface area contributed by atoms with E-state index in [0.29, 0.717) is 28.2 Å². The normalized spacial score (nSPS) is 16.6. The predicted molar refractivity (Wildman–Crippen MR) is 117 cm³/mol. The van der Waals surface area contributed by atoms with Crippen LogP contribution in [0.2, 0.25) is 0 Å². The molecule has 154 valence electrons. The molecule has 30 heavy (non-hydrogen) atoms. The van der Waals surface area contributed by atoms with Crippen LogP contribution in [0.4, 0.5) is 11.4 Å². The molecule has 6 heteroatoms. The second kappa shape index (κ2) is 7.78. The van der Waals surface area contributed by atoms with Crippen LogP contribution in [0.5, 0.6) is 0 Å². The molecule has 6 nitrogen and oxygen atoms in total. The molecule has 0 atom stereocenters. The zero-order chi connectivity index (χ0) is 21.4. The molecule has 0 unspecified atom stereocenters. The van der Waals surface area contributed by atoms with Gasteiger partial charge in [0.2, 0.25) is 5.91 Å². The summed E-state index contributed by atoms with van der Waals surface area (Å²) in [5.41, 5.74) is 4.96. The van der Waals surface area contributed by atoms with Gasteiger partial charge in [0.25, 0.3) is 11.8 Å². The van der Waals surface area contributed by atoms with Crippen LogP contribution in [0, 0.1) is 13.8 Å². The molecular weight excluding hydrogens is 378 g/mol. The van der Waals surface area contributed by atoms with Gasteiger partial charge >= 0.3 is 0 Å². The van der Waals surface area contributed by atoms with Gasteiger partial charge in [-0.25, -0.2) is 4.90 Å². The van der Waals surface area contributed by atoms with Gasteiger partial charge in [0.1, 0.15) is 5.70 Å². The Morgan fingerprint density at radius 3 is 2.17 bits per heavy atom. The molecule has 1 fully saturated rings. The van der Waals surface area contributed by atoms with E-state index >= 15 is 0 Å². The molecule has 0 bridgehead atoms. The summed E-state index contributed by atoms with van der Waals surface area (Å²) in [6.07, 6.45) is 2.01. The van der Waals surface area contributed by atoms with Gasteiger partial charge in [-0.2, -0.15) is 0 Å². The molecular formula is C24H25N3O3. The molecule has 3 amide bonds. The average molecular weight is 403 g/mol. The first-order valence-corrected chi connectivity index (χ1v) is 10.2. The maximum atomic E-state index is 13.5. The first kappa shape index (κ1) is 19.9. The highest BCUT2D eigenvalue weighted by Crippen LogP contribution is 2.36. The van der Waals surface area contributed by atoms with E-state index in [0.717, 1.165) is 37.1 Å². The molecule has 2 aromatic rings. The minimum absolute atomic E-state index is 0.159. The van der Waals surface area contributed by atoms with Crippen molar-refractivity contribution in [2.45, 2.75) is 33.6 Å². The number of carbonyl (C=O) groups is 3. The zero-order valence-electron chi connectivity index (χ0n) is 17.5. The molecule has 0 radical (unpaired) electrons. The third-order valence-electron chi connectivity index (χ3n) is 5.72. The number of hydrogen-bond acceptors (Lipinski definition) is 4. The van der Waals surface area contributed by atoms with Gasteiger partial charge in [-0.05, 0) is 67.6 Å². The minimum atomic E-state index is -0.308. The topological polar surface area (TPSA) is 69.7 Å². The van der Waals surface area contributed by atoms with Gasteiger partial charge in [0, 0.05) is 25.7 Å². The van der Waals surface area contributed by atoms with Crippen molar-refractivity contribution in [3.8, 4) is 0 Å². The first-order chi connectivity index (χ1) is 14.4. The van der Waals surface area contributed by atoms with Crippen LogP contribution in [-0.2, 0) is 14.4 Å². The van der Waals surface area contributed by atoms with Crippen LogP contribution in [0.15, 0.2) is 48.2 Å². The molecule has 2 aliphatic heterocycles. The number of anilines is 2. The van der Waals surface area contributed by atoms with Gasteiger partial charge < -0.3 is 10.2 Å². The van der Waals surface area contributed by atoms with E-state index in [2.05, 4.69) is 5.32 Å². The Morgan fingerprint density at radius 2 is 1.57 bits per heavy atom. The van der Waals surface area contributed by atoms with Crippen LogP contribution in [0.3, 0.4) is 0 Å². The van der Waals surface area contributed by atoms with Gasteiger partial charge in [0.15, 0.2) is 0 Å². The Bertz CT molecular complexity index is 1060. The Kier molecular flexibility index (Phi) is 5.16. The van der Waals surface area contributed by atoms with Gasteiger partial charge in [-0.15, -0.1) is 0 Å². The number of aryl methyl sites for hydroxylation is 2. The quantitative estimate of drug-likeness (QED) is 0.792. The number of imide groups is 1. The van der Waals surface area contributed by atoms with Crippen molar-refractivity contribution in [1.82, 2.24) is 4.90 Å². The number of rotatable bonds is 4. The third-order valence-corrected chi connectivity index (χ3v) is 5.72. The number of carbonyl (C=O) groups excluding carboxylic acids is 3. The molecule has 2 aliphatic rings. The molecule has 4 rings (SSSR count). The first-order valence-electron chi connectivity index (χ1n) is 10.2. The van der Waals surface area contributed by atoms with Crippen molar-refractivity contribution in [2.75, 3.05) is 23.3 Å². The summed E-state index contributed by atoms with van der Waals surface area (Å²) in [7, 11) is 0. The van der Waals surface area contributed by atoms with E-state index in [1.54, 1.807) is 24.3 Å². The lowest BCUT2D eigenvalue weighted by Crippen LogP contribution is -2.34. The van der Waals surface area contributed by atoms with Crippen molar-refractivity contribution in [2.24, 2.45) is 0 Å². The number of benzene rings is 2. The fraction of sp³-hybridized carbons (Fsp3) is 0.292. The highest BCUT2D eigenvalue weighted by atomic mass is 16.2. The average Bonchev–Trinajstić information content (AvgIpc) is 3.31. The summed E-state index contributed by atoms with van der Waals surface area (Å²) in [6, 6.07) is 12.7. The zero-order valence-corrected chi connectivity index (χ0v) is 17.5. The van der Waals surface area contributed by atoms with E-state index in [1.807, 2.05) is 36.9 Å². The number of likely N-dealkylation sites (tertiary alicyclic amines) is 1. The van der Waals surface area contributed by atoms with Gasteiger partial charge in [0.05, 0.1) is 11.3 Å². The van der Waals surface area contributed by atoms with Crippen molar-refractivity contribution < 1.29 is 14.4 Å². The maximum absolute atomic E-state index is 13.5.